The van der Waals surface area contributed by atoms with Crippen LogP contribution in [0.2, 0.25) is 5.02 Å². The van der Waals surface area contributed by atoms with Crippen molar-refractivity contribution in [1.82, 2.24) is 15.6 Å². The highest BCUT2D eigenvalue weighted by atomic mass is 127. The Morgan fingerprint density at radius 2 is 2.10 bits per heavy atom. The lowest BCUT2D eigenvalue weighted by Crippen LogP contribution is -2.44. The zero-order valence-corrected chi connectivity index (χ0v) is 19.9. The van der Waals surface area contributed by atoms with Gasteiger partial charge in [0.05, 0.1) is 32.1 Å². The molecule has 1 saturated heterocycles. The number of hydrogen-bond acceptors (Lipinski definition) is 5. The van der Waals surface area contributed by atoms with Crippen molar-refractivity contribution < 1.29 is 9.47 Å². The molecule has 0 aliphatic carbocycles. The lowest BCUT2D eigenvalue weighted by molar-refractivity contribution is 0.396. The third-order valence-electron chi connectivity index (χ3n) is 4.66. The molecule has 1 atom stereocenters. The minimum Gasteiger partial charge on any atom is -0.495 e. The molecule has 0 radical (unpaired) electrons. The normalized spacial score (nSPS) is 16.2. The molecular formula is C20H27ClIN5O2. The fourth-order valence-electron chi connectivity index (χ4n) is 3.24. The maximum atomic E-state index is 6.17. The fraction of sp³-hybridized carbons (Fsp3) is 0.400. The van der Waals surface area contributed by atoms with Crippen LogP contribution < -0.4 is 25.0 Å². The van der Waals surface area contributed by atoms with Gasteiger partial charge in [0.25, 0.3) is 0 Å². The van der Waals surface area contributed by atoms with E-state index in [2.05, 4.69) is 25.5 Å². The first-order chi connectivity index (χ1) is 13.6. The molecule has 0 amide bonds. The minimum atomic E-state index is 0. The molecule has 158 valence electrons. The Bertz CT molecular complexity index is 836. The van der Waals surface area contributed by atoms with E-state index in [9.17, 15) is 0 Å². The van der Waals surface area contributed by atoms with E-state index >= 15 is 0 Å². The molecule has 9 heteroatoms. The maximum Gasteiger partial charge on any atom is 0.213 e. The molecular weight excluding hydrogens is 505 g/mol. The number of nitrogens with zero attached hydrogens (tertiary/aromatic N) is 3. The minimum absolute atomic E-state index is 0. The topological polar surface area (TPSA) is 71.0 Å². The van der Waals surface area contributed by atoms with E-state index in [0.29, 0.717) is 17.4 Å². The molecule has 1 aromatic heterocycles. The van der Waals surface area contributed by atoms with Gasteiger partial charge in [-0.1, -0.05) is 17.7 Å². The number of nitrogens with one attached hydrogen (secondary N) is 2. The molecule has 2 N–H and O–H groups in total. The Morgan fingerprint density at radius 3 is 2.83 bits per heavy atom. The van der Waals surface area contributed by atoms with Gasteiger partial charge in [0.1, 0.15) is 5.75 Å². The Balaban J connectivity index is 0.00000300. The maximum absolute atomic E-state index is 6.17. The van der Waals surface area contributed by atoms with E-state index in [4.69, 9.17) is 21.1 Å². The van der Waals surface area contributed by atoms with Crippen LogP contribution in [0.25, 0.3) is 0 Å². The van der Waals surface area contributed by atoms with Crippen LogP contribution >= 0.6 is 35.6 Å². The van der Waals surface area contributed by atoms with Crippen molar-refractivity contribution in [3.05, 3.63) is 47.1 Å². The second-order valence-corrected chi connectivity index (χ2v) is 6.93. The molecule has 0 saturated carbocycles. The number of rotatable bonds is 6. The SMILES string of the molecule is CN=C(NCc1cccc(OC)n1)NC1CCN(c2cc(Cl)ccc2OC)C1.I. The molecule has 1 fully saturated rings. The number of pyridine rings is 1. The van der Waals surface area contributed by atoms with E-state index in [1.807, 2.05) is 36.4 Å². The largest absolute Gasteiger partial charge is 0.495 e. The zero-order chi connectivity index (χ0) is 19.9. The second-order valence-electron chi connectivity index (χ2n) is 6.49. The van der Waals surface area contributed by atoms with E-state index in [-0.39, 0.29) is 30.0 Å². The summed E-state index contributed by atoms with van der Waals surface area (Å²) in [6, 6.07) is 11.7. The van der Waals surface area contributed by atoms with Crippen molar-refractivity contribution in [2.24, 2.45) is 4.99 Å². The van der Waals surface area contributed by atoms with Crippen LogP contribution in [-0.2, 0) is 6.54 Å². The van der Waals surface area contributed by atoms with Crippen LogP contribution in [0, 0.1) is 0 Å². The van der Waals surface area contributed by atoms with Crippen molar-refractivity contribution in [2.75, 3.05) is 39.3 Å². The van der Waals surface area contributed by atoms with Crippen LogP contribution in [0.1, 0.15) is 12.1 Å². The van der Waals surface area contributed by atoms with Gasteiger partial charge >= 0.3 is 0 Å². The summed E-state index contributed by atoms with van der Waals surface area (Å²) in [5, 5.41) is 7.49. The number of aliphatic imine (C=N–C) groups is 1. The van der Waals surface area contributed by atoms with Gasteiger partial charge in [0.2, 0.25) is 5.88 Å². The highest BCUT2D eigenvalue weighted by Gasteiger charge is 2.25. The van der Waals surface area contributed by atoms with Gasteiger partial charge in [-0.05, 0) is 30.7 Å². The van der Waals surface area contributed by atoms with Gasteiger partial charge in [0, 0.05) is 37.3 Å². The first kappa shape index (κ1) is 23.3. The predicted octanol–water partition coefficient (Wildman–Crippen LogP) is 3.31. The summed E-state index contributed by atoms with van der Waals surface area (Å²) in [5.41, 5.74) is 1.90. The zero-order valence-electron chi connectivity index (χ0n) is 16.8. The summed E-state index contributed by atoms with van der Waals surface area (Å²) < 4.78 is 10.6. The highest BCUT2D eigenvalue weighted by Crippen LogP contribution is 2.33. The number of hydrogen-bond donors (Lipinski definition) is 2. The second kappa shape index (κ2) is 11.3. The lowest BCUT2D eigenvalue weighted by Gasteiger charge is -2.22. The number of aromatic nitrogens is 1. The summed E-state index contributed by atoms with van der Waals surface area (Å²) in [5.74, 6) is 2.18. The smallest absolute Gasteiger partial charge is 0.213 e. The lowest BCUT2D eigenvalue weighted by atomic mass is 10.2. The molecule has 0 spiro atoms. The van der Waals surface area contributed by atoms with Crippen LogP contribution in [-0.4, -0.2) is 51.3 Å². The van der Waals surface area contributed by atoms with E-state index < -0.39 is 0 Å². The Labute approximate surface area is 193 Å². The molecule has 7 nitrogen and oxygen atoms in total. The monoisotopic (exact) mass is 531 g/mol. The summed E-state index contributed by atoms with van der Waals surface area (Å²) >= 11 is 6.17. The number of halogens is 2. The molecule has 3 rings (SSSR count). The molecule has 29 heavy (non-hydrogen) atoms. The van der Waals surface area contributed by atoms with Crippen molar-refractivity contribution in [3.8, 4) is 11.6 Å². The van der Waals surface area contributed by atoms with E-state index in [1.165, 1.54) is 0 Å². The molecule has 2 heterocycles. The number of guanidine groups is 1. The van der Waals surface area contributed by atoms with Gasteiger partial charge in [-0.2, -0.15) is 0 Å². The first-order valence-corrected chi connectivity index (χ1v) is 9.56. The molecule has 1 aromatic carbocycles. The molecule has 2 aromatic rings. The van der Waals surface area contributed by atoms with Crippen LogP contribution in [0.3, 0.4) is 0 Å². The van der Waals surface area contributed by atoms with Crippen molar-refractivity contribution >= 4 is 47.2 Å². The predicted molar refractivity (Wildman–Crippen MR) is 128 cm³/mol. The van der Waals surface area contributed by atoms with Crippen LogP contribution in [0.4, 0.5) is 5.69 Å². The Kier molecular flexibility index (Phi) is 9.09. The summed E-state index contributed by atoms with van der Waals surface area (Å²) in [6.07, 6.45) is 0.994. The van der Waals surface area contributed by atoms with Gasteiger partial charge < -0.3 is 25.0 Å². The van der Waals surface area contributed by atoms with Gasteiger partial charge in [0.15, 0.2) is 5.96 Å². The Morgan fingerprint density at radius 1 is 1.28 bits per heavy atom. The Hall–Kier alpha value is -1.94. The van der Waals surface area contributed by atoms with Gasteiger partial charge in [-0.25, -0.2) is 4.98 Å². The number of methoxy groups -OCH3 is 2. The van der Waals surface area contributed by atoms with E-state index in [0.717, 1.165) is 42.6 Å². The summed E-state index contributed by atoms with van der Waals surface area (Å²) in [6.45, 7) is 2.33. The van der Waals surface area contributed by atoms with E-state index in [1.54, 1.807) is 21.3 Å². The first-order valence-electron chi connectivity index (χ1n) is 9.18. The number of benzene rings is 1. The average molecular weight is 532 g/mol. The molecule has 1 aliphatic heterocycles. The third-order valence-corrected chi connectivity index (χ3v) is 4.90. The quantitative estimate of drug-likeness (QED) is 0.339. The number of ether oxygens (including phenoxy) is 2. The highest BCUT2D eigenvalue weighted by molar-refractivity contribution is 14.0. The van der Waals surface area contributed by atoms with Crippen molar-refractivity contribution in [1.29, 1.82) is 0 Å². The van der Waals surface area contributed by atoms with Crippen LogP contribution in [0.5, 0.6) is 11.6 Å². The van der Waals surface area contributed by atoms with Crippen LogP contribution in [0.15, 0.2) is 41.4 Å². The van der Waals surface area contributed by atoms with Crippen molar-refractivity contribution in [3.63, 3.8) is 0 Å². The third kappa shape index (κ3) is 6.27. The molecule has 0 bridgehead atoms. The average Bonchev–Trinajstić information content (AvgIpc) is 3.19. The van der Waals surface area contributed by atoms with Gasteiger partial charge in [-0.3, -0.25) is 4.99 Å². The molecule has 1 aliphatic rings. The summed E-state index contributed by atoms with van der Waals surface area (Å²) in [7, 11) is 5.05. The van der Waals surface area contributed by atoms with Crippen molar-refractivity contribution in [2.45, 2.75) is 19.0 Å². The standard InChI is InChI=1S/C20H26ClN5O2.HI/c1-22-20(23-12-15-5-4-6-19(24-15)28-3)25-16-9-10-26(13-16)17-11-14(21)7-8-18(17)27-2;/h4-8,11,16H,9-10,12-13H2,1-3H3,(H2,22,23,25);1H. The number of anilines is 1. The molecule has 1 unspecified atom stereocenters. The fourth-order valence-corrected chi connectivity index (χ4v) is 3.41. The summed E-state index contributed by atoms with van der Waals surface area (Å²) in [4.78, 5) is 11.0. The van der Waals surface area contributed by atoms with Gasteiger partial charge in [-0.15, -0.1) is 24.0 Å².